The van der Waals surface area contributed by atoms with Gasteiger partial charge in [-0.15, -0.1) is 0 Å². The van der Waals surface area contributed by atoms with E-state index in [1.807, 2.05) is 0 Å². The first-order chi connectivity index (χ1) is 7.43. The average Bonchev–Trinajstić information content (AvgIpc) is 2.20. The Morgan fingerprint density at radius 1 is 1.25 bits per heavy atom. The van der Waals surface area contributed by atoms with Crippen LogP contribution in [0.15, 0.2) is 0 Å². The van der Waals surface area contributed by atoms with Crippen molar-refractivity contribution in [1.29, 1.82) is 0 Å². The summed E-state index contributed by atoms with van der Waals surface area (Å²) in [5, 5.41) is 10.9. The Hall–Kier alpha value is -1.63. The molecule has 0 aromatic rings. The predicted molar refractivity (Wildman–Crippen MR) is 56.3 cm³/mol. The number of carbonyl (C=O) groups is 3. The van der Waals surface area contributed by atoms with Crippen molar-refractivity contribution in [3.05, 3.63) is 0 Å². The monoisotopic (exact) mass is 231 g/mol. The van der Waals surface area contributed by atoms with E-state index >= 15 is 0 Å². The first-order valence-electron chi connectivity index (χ1n) is 4.97. The highest BCUT2D eigenvalue weighted by atomic mass is 16.4. The highest BCUT2D eigenvalue weighted by Crippen LogP contribution is 1.95. The van der Waals surface area contributed by atoms with Crippen LogP contribution in [0.4, 0.5) is 0 Å². The molecule has 0 fully saturated rings. The lowest BCUT2D eigenvalue weighted by atomic mass is 10.1. The molecule has 0 spiro atoms. The summed E-state index contributed by atoms with van der Waals surface area (Å²) < 4.78 is 0. The lowest BCUT2D eigenvalue weighted by molar-refractivity contribution is -0.137. The third kappa shape index (κ3) is 7.74. The highest BCUT2D eigenvalue weighted by Gasteiger charge is 2.13. The third-order valence-electron chi connectivity index (χ3n) is 1.91. The fourth-order valence-electron chi connectivity index (χ4n) is 1.02. The molecular weight excluding hydrogens is 214 g/mol. The van der Waals surface area contributed by atoms with Gasteiger partial charge in [-0.1, -0.05) is 0 Å². The first-order valence-corrected chi connectivity index (χ1v) is 4.97. The van der Waals surface area contributed by atoms with E-state index in [0.717, 1.165) is 0 Å². The normalized spacial score (nSPS) is 11.8. The minimum Gasteiger partial charge on any atom is -0.481 e. The molecule has 0 bridgehead atoms. The van der Waals surface area contributed by atoms with Crippen LogP contribution in [0.3, 0.4) is 0 Å². The van der Waals surface area contributed by atoms with Crippen LogP contribution in [-0.4, -0.2) is 35.5 Å². The number of amides is 2. The average molecular weight is 231 g/mol. The standard InChI is InChI=1S/C9H17N3O4/c10-6(3-4-8(14)15)9(16)12-5-1-2-7(11)13/h6H,1-5,10H2,(H2,11,13)(H,12,16)(H,14,15). The summed E-state index contributed by atoms with van der Waals surface area (Å²) in [6.07, 6.45) is 0.601. The predicted octanol–water partition coefficient (Wildman–Crippen LogP) is -1.44. The maximum atomic E-state index is 11.3. The molecule has 0 saturated carbocycles. The molecule has 7 heteroatoms. The van der Waals surface area contributed by atoms with Crippen molar-refractivity contribution in [3.63, 3.8) is 0 Å². The molecule has 1 unspecified atom stereocenters. The fraction of sp³-hybridized carbons (Fsp3) is 0.667. The summed E-state index contributed by atoms with van der Waals surface area (Å²) in [5.41, 5.74) is 10.3. The van der Waals surface area contributed by atoms with E-state index in [0.29, 0.717) is 13.0 Å². The molecule has 0 heterocycles. The molecule has 0 rings (SSSR count). The topological polar surface area (TPSA) is 136 Å². The number of carboxylic acids is 1. The number of hydrogen-bond donors (Lipinski definition) is 4. The molecule has 7 nitrogen and oxygen atoms in total. The molecule has 0 aromatic heterocycles. The summed E-state index contributed by atoms with van der Waals surface area (Å²) in [5.74, 6) is -1.83. The Morgan fingerprint density at radius 2 is 1.88 bits per heavy atom. The Bertz CT molecular complexity index is 267. The van der Waals surface area contributed by atoms with Gasteiger partial charge in [-0.2, -0.15) is 0 Å². The molecule has 0 saturated heterocycles. The molecular formula is C9H17N3O4. The number of rotatable bonds is 8. The van der Waals surface area contributed by atoms with Gasteiger partial charge in [0, 0.05) is 19.4 Å². The zero-order chi connectivity index (χ0) is 12.6. The van der Waals surface area contributed by atoms with Gasteiger partial charge in [0.1, 0.15) is 0 Å². The lowest BCUT2D eigenvalue weighted by Crippen LogP contribution is -2.41. The van der Waals surface area contributed by atoms with Gasteiger partial charge in [0.2, 0.25) is 11.8 Å². The molecule has 0 aromatic carbocycles. The zero-order valence-electron chi connectivity index (χ0n) is 8.94. The van der Waals surface area contributed by atoms with Crippen LogP contribution in [0.2, 0.25) is 0 Å². The maximum Gasteiger partial charge on any atom is 0.303 e. The van der Waals surface area contributed by atoms with E-state index in [9.17, 15) is 14.4 Å². The van der Waals surface area contributed by atoms with Crippen molar-refractivity contribution < 1.29 is 19.5 Å². The van der Waals surface area contributed by atoms with Crippen LogP contribution < -0.4 is 16.8 Å². The smallest absolute Gasteiger partial charge is 0.303 e. The van der Waals surface area contributed by atoms with Gasteiger partial charge >= 0.3 is 5.97 Å². The molecule has 16 heavy (non-hydrogen) atoms. The lowest BCUT2D eigenvalue weighted by Gasteiger charge is -2.10. The number of nitrogens with one attached hydrogen (secondary N) is 1. The number of hydrogen-bond acceptors (Lipinski definition) is 4. The van der Waals surface area contributed by atoms with Gasteiger partial charge in [-0.05, 0) is 12.8 Å². The Morgan fingerprint density at radius 3 is 2.38 bits per heavy atom. The Balaban J connectivity index is 3.62. The second-order valence-electron chi connectivity index (χ2n) is 3.40. The van der Waals surface area contributed by atoms with Crippen molar-refractivity contribution >= 4 is 17.8 Å². The minimum absolute atomic E-state index is 0.0942. The van der Waals surface area contributed by atoms with Crippen LogP contribution >= 0.6 is 0 Å². The number of carbonyl (C=O) groups excluding carboxylic acids is 2. The summed E-state index contributed by atoms with van der Waals surface area (Å²) in [4.78, 5) is 31.9. The third-order valence-corrected chi connectivity index (χ3v) is 1.91. The maximum absolute atomic E-state index is 11.3. The van der Waals surface area contributed by atoms with Gasteiger partial charge in [-0.3, -0.25) is 14.4 Å². The Labute approximate surface area is 93.2 Å². The summed E-state index contributed by atoms with van der Waals surface area (Å²) in [7, 11) is 0. The largest absolute Gasteiger partial charge is 0.481 e. The van der Waals surface area contributed by atoms with E-state index in [1.165, 1.54) is 0 Å². The van der Waals surface area contributed by atoms with Crippen molar-refractivity contribution in [2.45, 2.75) is 31.7 Å². The quantitative estimate of drug-likeness (QED) is 0.379. The second kappa shape index (κ2) is 7.63. The van der Waals surface area contributed by atoms with Crippen LogP contribution in [0.5, 0.6) is 0 Å². The van der Waals surface area contributed by atoms with Gasteiger partial charge in [0.15, 0.2) is 0 Å². The van der Waals surface area contributed by atoms with Crippen molar-refractivity contribution in [3.8, 4) is 0 Å². The van der Waals surface area contributed by atoms with E-state index in [-0.39, 0.29) is 19.3 Å². The van der Waals surface area contributed by atoms with Gasteiger partial charge in [0.25, 0.3) is 0 Å². The Kier molecular flexibility index (Phi) is 6.86. The van der Waals surface area contributed by atoms with Gasteiger partial charge < -0.3 is 21.9 Å². The van der Waals surface area contributed by atoms with Crippen LogP contribution in [0.25, 0.3) is 0 Å². The number of aliphatic carboxylic acids is 1. The van der Waals surface area contributed by atoms with Crippen LogP contribution in [0, 0.1) is 0 Å². The number of primary amides is 1. The molecule has 0 aliphatic heterocycles. The molecule has 2 amide bonds. The highest BCUT2D eigenvalue weighted by molar-refractivity contribution is 5.82. The zero-order valence-corrected chi connectivity index (χ0v) is 8.94. The number of nitrogens with two attached hydrogens (primary N) is 2. The molecule has 0 aliphatic rings. The van der Waals surface area contributed by atoms with Crippen LogP contribution in [0.1, 0.15) is 25.7 Å². The summed E-state index contributed by atoms with van der Waals surface area (Å²) in [6.45, 7) is 0.308. The molecule has 92 valence electrons. The summed E-state index contributed by atoms with van der Waals surface area (Å²) in [6, 6.07) is -0.829. The number of carboxylic acid groups (broad SMARTS) is 1. The minimum atomic E-state index is -0.989. The second-order valence-corrected chi connectivity index (χ2v) is 3.40. The van der Waals surface area contributed by atoms with Crippen molar-refractivity contribution in [2.24, 2.45) is 11.5 Å². The first kappa shape index (κ1) is 14.4. The van der Waals surface area contributed by atoms with Crippen molar-refractivity contribution in [2.75, 3.05) is 6.54 Å². The van der Waals surface area contributed by atoms with Crippen LogP contribution in [-0.2, 0) is 14.4 Å². The van der Waals surface area contributed by atoms with Gasteiger partial charge in [0.05, 0.1) is 6.04 Å². The molecule has 1 atom stereocenters. The van der Waals surface area contributed by atoms with Crippen molar-refractivity contribution in [1.82, 2.24) is 5.32 Å². The molecule has 0 radical (unpaired) electrons. The SMILES string of the molecule is NC(=O)CCCNC(=O)C(N)CCC(=O)O. The van der Waals surface area contributed by atoms with E-state index in [4.69, 9.17) is 16.6 Å². The molecule has 0 aliphatic carbocycles. The molecule has 6 N–H and O–H groups in total. The van der Waals surface area contributed by atoms with E-state index < -0.39 is 23.8 Å². The van der Waals surface area contributed by atoms with E-state index in [1.54, 1.807) is 0 Å². The van der Waals surface area contributed by atoms with E-state index in [2.05, 4.69) is 5.32 Å². The fourth-order valence-corrected chi connectivity index (χ4v) is 1.02. The summed E-state index contributed by atoms with van der Waals surface area (Å²) >= 11 is 0. The van der Waals surface area contributed by atoms with Gasteiger partial charge in [-0.25, -0.2) is 0 Å².